The summed E-state index contributed by atoms with van der Waals surface area (Å²) in [5, 5.41) is 0. The number of Topliss-reactive ketones (excluding diaryl/α,β-unsaturated/α-hetero) is 1. The third-order valence-corrected chi connectivity index (χ3v) is 3.76. The van der Waals surface area contributed by atoms with Crippen LogP contribution in [0.15, 0.2) is 47.4 Å². The van der Waals surface area contributed by atoms with Crippen molar-refractivity contribution in [3.05, 3.63) is 59.7 Å². The van der Waals surface area contributed by atoms with Crippen molar-refractivity contribution in [3.63, 3.8) is 0 Å². The molecule has 2 N–H and O–H groups in total. The normalized spacial score (nSPS) is 10.5. The molecule has 0 aliphatic carbocycles. The third kappa shape index (κ3) is 3.81. The summed E-state index contributed by atoms with van der Waals surface area (Å²) in [4.78, 5) is 12.2. The molecule has 0 unspecified atom stereocenters. The average Bonchev–Trinajstić information content (AvgIpc) is 2.42. The van der Waals surface area contributed by atoms with Gasteiger partial charge in [-0.15, -0.1) is 11.8 Å². The van der Waals surface area contributed by atoms with E-state index in [4.69, 9.17) is 5.73 Å². The van der Waals surface area contributed by atoms with Crippen LogP contribution in [0.1, 0.15) is 16.8 Å². The highest BCUT2D eigenvalue weighted by atomic mass is 32.2. The van der Waals surface area contributed by atoms with Gasteiger partial charge >= 0.3 is 0 Å². The summed E-state index contributed by atoms with van der Waals surface area (Å²) in [6, 6.07) is 10.1. The van der Waals surface area contributed by atoms with E-state index in [9.17, 15) is 13.6 Å². The Hall–Kier alpha value is -1.88. The predicted molar refractivity (Wildman–Crippen MR) is 76.9 cm³/mol. The van der Waals surface area contributed by atoms with Crippen molar-refractivity contribution in [2.75, 3.05) is 11.5 Å². The van der Waals surface area contributed by atoms with Crippen molar-refractivity contribution in [1.29, 1.82) is 0 Å². The Morgan fingerprint density at radius 1 is 1.10 bits per heavy atom. The van der Waals surface area contributed by atoms with Crippen LogP contribution in [-0.4, -0.2) is 11.5 Å². The second-order valence-electron chi connectivity index (χ2n) is 4.22. The van der Waals surface area contributed by atoms with Gasteiger partial charge in [-0.1, -0.05) is 0 Å². The van der Waals surface area contributed by atoms with Gasteiger partial charge in [-0.25, -0.2) is 8.78 Å². The molecule has 0 radical (unpaired) electrons. The molecule has 0 amide bonds. The molecule has 0 aliphatic rings. The highest BCUT2D eigenvalue weighted by molar-refractivity contribution is 7.99. The Bertz CT molecular complexity index is 614. The Labute approximate surface area is 120 Å². The van der Waals surface area contributed by atoms with Crippen LogP contribution in [0.4, 0.5) is 14.5 Å². The van der Waals surface area contributed by atoms with E-state index in [0.29, 0.717) is 21.9 Å². The zero-order valence-corrected chi connectivity index (χ0v) is 11.4. The number of carbonyl (C=O) groups excluding carboxylic acids is 1. The number of rotatable bonds is 5. The van der Waals surface area contributed by atoms with Crippen molar-refractivity contribution in [2.24, 2.45) is 0 Å². The number of thioether (sulfide) groups is 1. The number of nitrogens with two attached hydrogens (primary N) is 1. The van der Waals surface area contributed by atoms with E-state index < -0.39 is 11.6 Å². The first-order valence-electron chi connectivity index (χ1n) is 6.03. The predicted octanol–water partition coefficient (Wildman–Crippen LogP) is 3.91. The Morgan fingerprint density at radius 2 is 1.80 bits per heavy atom. The summed E-state index contributed by atoms with van der Waals surface area (Å²) in [7, 11) is 0. The number of ketones is 1. The summed E-state index contributed by atoms with van der Waals surface area (Å²) in [6.45, 7) is 0. The van der Waals surface area contributed by atoms with E-state index in [-0.39, 0.29) is 12.2 Å². The molecule has 0 saturated carbocycles. The number of benzene rings is 2. The molecule has 0 bridgehead atoms. The Balaban J connectivity index is 1.89. The van der Waals surface area contributed by atoms with Gasteiger partial charge in [0.15, 0.2) is 5.78 Å². The van der Waals surface area contributed by atoms with E-state index in [0.717, 1.165) is 6.07 Å². The van der Waals surface area contributed by atoms with Crippen LogP contribution in [0, 0.1) is 11.6 Å². The van der Waals surface area contributed by atoms with Gasteiger partial charge in [-0.2, -0.15) is 0 Å². The van der Waals surface area contributed by atoms with Gasteiger partial charge in [0.2, 0.25) is 0 Å². The molecule has 0 atom stereocenters. The van der Waals surface area contributed by atoms with Gasteiger partial charge in [0, 0.05) is 34.4 Å². The third-order valence-electron chi connectivity index (χ3n) is 2.71. The maximum Gasteiger partial charge on any atom is 0.163 e. The van der Waals surface area contributed by atoms with Crippen LogP contribution < -0.4 is 5.73 Å². The van der Waals surface area contributed by atoms with E-state index in [2.05, 4.69) is 0 Å². The summed E-state index contributed by atoms with van der Waals surface area (Å²) < 4.78 is 26.1. The van der Waals surface area contributed by atoms with Gasteiger partial charge < -0.3 is 5.73 Å². The fraction of sp³-hybridized carbons (Fsp3) is 0.133. The minimum Gasteiger partial charge on any atom is -0.399 e. The fourth-order valence-electron chi connectivity index (χ4n) is 1.66. The van der Waals surface area contributed by atoms with Crippen molar-refractivity contribution >= 4 is 23.2 Å². The summed E-state index contributed by atoms with van der Waals surface area (Å²) >= 11 is 1.19. The Morgan fingerprint density at radius 3 is 2.45 bits per heavy atom. The monoisotopic (exact) mass is 293 g/mol. The highest BCUT2D eigenvalue weighted by Crippen LogP contribution is 2.23. The highest BCUT2D eigenvalue weighted by Gasteiger charge is 2.08. The van der Waals surface area contributed by atoms with Crippen molar-refractivity contribution in [2.45, 2.75) is 11.3 Å². The summed E-state index contributed by atoms with van der Waals surface area (Å²) in [6.07, 6.45) is 0.283. The van der Waals surface area contributed by atoms with Crippen molar-refractivity contribution < 1.29 is 13.6 Å². The fourth-order valence-corrected chi connectivity index (χ4v) is 2.53. The molecule has 0 fully saturated rings. The van der Waals surface area contributed by atoms with Crippen LogP contribution in [0.25, 0.3) is 0 Å². The van der Waals surface area contributed by atoms with E-state index >= 15 is 0 Å². The van der Waals surface area contributed by atoms with Crippen LogP contribution >= 0.6 is 11.8 Å². The minimum absolute atomic E-state index is 0.0278. The van der Waals surface area contributed by atoms with Crippen LogP contribution in [-0.2, 0) is 0 Å². The molecular formula is C15H13F2NOS. The molecule has 2 aromatic carbocycles. The minimum atomic E-state index is -0.607. The lowest BCUT2D eigenvalue weighted by atomic mass is 10.1. The number of nitrogen functional groups attached to an aromatic ring is 1. The SMILES string of the molecule is Nc1ccc(C(=O)CCSc2ccc(F)cc2F)cc1. The first-order chi connectivity index (χ1) is 9.56. The number of anilines is 1. The van der Waals surface area contributed by atoms with Gasteiger partial charge in [0.05, 0.1) is 0 Å². The molecule has 0 spiro atoms. The van der Waals surface area contributed by atoms with Crippen molar-refractivity contribution in [1.82, 2.24) is 0 Å². The molecule has 0 saturated heterocycles. The molecule has 104 valence electrons. The smallest absolute Gasteiger partial charge is 0.163 e. The number of halogens is 2. The number of hydrogen-bond acceptors (Lipinski definition) is 3. The lowest BCUT2D eigenvalue weighted by Gasteiger charge is -2.04. The maximum absolute atomic E-state index is 13.4. The topological polar surface area (TPSA) is 43.1 Å². The second-order valence-corrected chi connectivity index (χ2v) is 5.36. The lowest BCUT2D eigenvalue weighted by molar-refractivity contribution is 0.0989. The number of hydrogen-bond donors (Lipinski definition) is 1. The van der Waals surface area contributed by atoms with Crippen LogP contribution in [0.2, 0.25) is 0 Å². The zero-order valence-electron chi connectivity index (χ0n) is 10.6. The molecule has 0 aliphatic heterocycles. The Kier molecular flexibility index (Phi) is 4.74. The molecule has 20 heavy (non-hydrogen) atoms. The average molecular weight is 293 g/mol. The quantitative estimate of drug-likeness (QED) is 0.516. The zero-order chi connectivity index (χ0) is 14.5. The van der Waals surface area contributed by atoms with E-state index in [1.165, 1.54) is 23.9 Å². The van der Waals surface area contributed by atoms with Crippen molar-refractivity contribution in [3.8, 4) is 0 Å². The van der Waals surface area contributed by atoms with Gasteiger partial charge in [0.25, 0.3) is 0 Å². The first kappa shape index (κ1) is 14.5. The number of carbonyl (C=O) groups is 1. The van der Waals surface area contributed by atoms with E-state index in [1.807, 2.05) is 0 Å². The van der Waals surface area contributed by atoms with Gasteiger partial charge in [-0.3, -0.25) is 4.79 Å². The molecule has 2 nitrogen and oxygen atoms in total. The second kappa shape index (κ2) is 6.52. The van der Waals surface area contributed by atoms with Gasteiger partial charge in [0.1, 0.15) is 11.6 Å². The molecule has 5 heteroatoms. The summed E-state index contributed by atoms with van der Waals surface area (Å²) in [5.41, 5.74) is 6.73. The lowest BCUT2D eigenvalue weighted by Crippen LogP contribution is -2.01. The van der Waals surface area contributed by atoms with E-state index in [1.54, 1.807) is 24.3 Å². The molecule has 2 rings (SSSR count). The molecule has 0 heterocycles. The standard InChI is InChI=1S/C15H13F2NOS/c16-11-3-6-15(13(17)9-11)20-8-7-14(19)10-1-4-12(18)5-2-10/h1-6,9H,7-8,18H2. The van der Waals surface area contributed by atoms with Gasteiger partial charge in [-0.05, 0) is 36.4 Å². The molecular weight excluding hydrogens is 280 g/mol. The largest absolute Gasteiger partial charge is 0.399 e. The van der Waals surface area contributed by atoms with Crippen LogP contribution in [0.3, 0.4) is 0 Å². The first-order valence-corrected chi connectivity index (χ1v) is 7.01. The molecule has 2 aromatic rings. The molecule has 0 aromatic heterocycles. The van der Waals surface area contributed by atoms with Crippen LogP contribution in [0.5, 0.6) is 0 Å². The summed E-state index contributed by atoms with van der Waals surface area (Å²) in [5.74, 6) is -0.800. The maximum atomic E-state index is 13.4.